The van der Waals surface area contributed by atoms with Crippen molar-refractivity contribution >= 4 is 21.8 Å². The fraction of sp³-hybridized carbons (Fsp3) is 0.900. The van der Waals surface area contributed by atoms with Gasteiger partial charge >= 0.3 is 0 Å². The first-order chi connectivity index (χ1) is 6.46. The second kappa shape index (κ2) is 4.62. The van der Waals surface area contributed by atoms with Crippen LogP contribution >= 0.6 is 15.9 Å². The minimum atomic E-state index is -0.735. The Morgan fingerprint density at radius 3 is 2.79 bits per heavy atom. The molecule has 82 valence electrons. The molecule has 2 atom stereocenters. The molecule has 0 saturated carbocycles. The quantitative estimate of drug-likeness (QED) is 0.782. The van der Waals surface area contributed by atoms with Crippen molar-refractivity contribution in [3.63, 3.8) is 0 Å². The molecule has 0 aliphatic carbocycles. The average Bonchev–Trinajstić information content (AvgIpc) is 2.35. The second-order valence-electron chi connectivity index (χ2n) is 4.26. The largest absolute Gasteiger partial charge is 0.388 e. The lowest BCUT2D eigenvalue weighted by Gasteiger charge is -2.28. The molecule has 14 heavy (non-hydrogen) atoms. The van der Waals surface area contributed by atoms with E-state index in [0.29, 0.717) is 6.54 Å². The summed E-state index contributed by atoms with van der Waals surface area (Å²) in [6, 6.07) is 0. The van der Waals surface area contributed by atoms with Crippen LogP contribution in [0.5, 0.6) is 0 Å². The van der Waals surface area contributed by atoms with E-state index in [2.05, 4.69) is 15.9 Å². The molecule has 0 aromatic carbocycles. The molecule has 3 nitrogen and oxygen atoms in total. The number of carbonyl (C=O) groups excluding carboxylic acids is 1. The molecule has 1 N–H and O–H groups in total. The molecule has 1 amide bonds. The molecule has 1 fully saturated rings. The molecular formula is C10H18BrNO2. The van der Waals surface area contributed by atoms with Crippen molar-refractivity contribution < 1.29 is 9.90 Å². The molecule has 1 heterocycles. The zero-order valence-electron chi connectivity index (χ0n) is 8.79. The molecule has 0 radical (unpaired) electrons. The van der Waals surface area contributed by atoms with Crippen molar-refractivity contribution in [2.75, 3.05) is 13.1 Å². The standard InChI is InChI=1S/C10H18BrNO2/c1-3-5-10(2,14)7-12-6-4-8(11)9(12)13/h8,14H,3-7H2,1-2H3. The van der Waals surface area contributed by atoms with Gasteiger partial charge in [0.1, 0.15) is 0 Å². The first-order valence-electron chi connectivity index (χ1n) is 5.11. The van der Waals surface area contributed by atoms with Crippen LogP contribution in [0.4, 0.5) is 0 Å². The summed E-state index contributed by atoms with van der Waals surface area (Å²) in [6.45, 7) is 5.05. The maximum Gasteiger partial charge on any atom is 0.236 e. The molecule has 4 heteroatoms. The molecule has 0 aromatic heterocycles. The molecule has 0 bridgehead atoms. The van der Waals surface area contributed by atoms with E-state index < -0.39 is 5.60 Å². The fourth-order valence-corrected chi connectivity index (χ4v) is 2.38. The Labute approximate surface area is 93.6 Å². The van der Waals surface area contributed by atoms with Gasteiger partial charge in [0.2, 0.25) is 5.91 Å². The topological polar surface area (TPSA) is 40.5 Å². The van der Waals surface area contributed by atoms with Crippen molar-refractivity contribution in [3.8, 4) is 0 Å². The predicted octanol–water partition coefficient (Wildman–Crippen LogP) is 1.53. The number of amides is 1. The lowest BCUT2D eigenvalue weighted by Crippen LogP contribution is -2.42. The second-order valence-corrected chi connectivity index (χ2v) is 5.37. The number of β-amino-alcohol motifs (C(OH)–C–C–N with tert-alkyl or cyclic N) is 1. The number of aliphatic hydroxyl groups is 1. The summed E-state index contributed by atoms with van der Waals surface area (Å²) in [6.07, 6.45) is 2.53. The van der Waals surface area contributed by atoms with E-state index in [1.165, 1.54) is 0 Å². The van der Waals surface area contributed by atoms with E-state index in [-0.39, 0.29) is 10.7 Å². The molecule has 0 aromatic rings. The van der Waals surface area contributed by atoms with Gasteiger partial charge < -0.3 is 10.0 Å². The van der Waals surface area contributed by atoms with Gasteiger partial charge in [-0.2, -0.15) is 0 Å². The molecule has 1 aliphatic rings. The minimum Gasteiger partial charge on any atom is -0.388 e. The van der Waals surface area contributed by atoms with Crippen LogP contribution in [0.2, 0.25) is 0 Å². The molecule has 1 saturated heterocycles. The van der Waals surface area contributed by atoms with E-state index in [9.17, 15) is 9.90 Å². The highest BCUT2D eigenvalue weighted by Crippen LogP contribution is 2.22. The van der Waals surface area contributed by atoms with Crippen LogP contribution in [0.15, 0.2) is 0 Å². The van der Waals surface area contributed by atoms with Crippen LogP contribution in [-0.4, -0.2) is 39.4 Å². The van der Waals surface area contributed by atoms with Gasteiger partial charge in [0.05, 0.1) is 10.4 Å². The Balaban J connectivity index is 2.48. The Hall–Kier alpha value is -0.0900. The van der Waals surface area contributed by atoms with Crippen LogP contribution in [0.25, 0.3) is 0 Å². The Kier molecular flexibility index (Phi) is 3.95. The van der Waals surface area contributed by atoms with Gasteiger partial charge in [-0.1, -0.05) is 29.3 Å². The van der Waals surface area contributed by atoms with Crippen LogP contribution in [0.1, 0.15) is 33.1 Å². The summed E-state index contributed by atoms with van der Waals surface area (Å²) in [5.41, 5.74) is -0.735. The number of hydrogen-bond donors (Lipinski definition) is 1. The van der Waals surface area contributed by atoms with Gasteiger partial charge in [0.25, 0.3) is 0 Å². The van der Waals surface area contributed by atoms with Gasteiger partial charge in [-0.3, -0.25) is 4.79 Å². The van der Waals surface area contributed by atoms with Crippen molar-refractivity contribution in [3.05, 3.63) is 0 Å². The first-order valence-corrected chi connectivity index (χ1v) is 6.03. The van der Waals surface area contributed by atoms with Crippen LogP contribution in [0.3, 0.4) is 0 Å². The highest BCUT2D eigenvalue weighted by Gasteiger charge is 2.33. The lowest BCUT2D eigenvalue weighted by atomic mass is 10.0. The van der Waals surface area contributed by atoms with Gasteiger partial charge in [0.15, 0.2) is 0 Å². The van der Waals surface area contributed by atoms with E-state index in [4.69, 9.17) is 0 Å². The highest BCUT2D eigenvalue weighted by molar-refractivity contribution is 9.10. The zero-order valence-corrected chi connectivity index (χ0v) is 10.4. The van der Waals surface area contributed by atoms with E-state index in [0.717, 1.165) is 25.8 Å². The maximum atomic E-state index is 11.6. The Morgan fingerprint density at radius 2 is 2.36 bits per heavy atom. The summed E-state index contributed by atoms with van der Waals surface area (Å²) in [5.74, 6) is 0.112. The summed E-state index contributed by atoms with van der Waals surface area (Å²) in [4.78, 5) is 13.3. The number of alkyl halides is 1. The monoisotopic (exact) mass is 263 g/mol. The van der Waals surface area contributed by atoms with Crippen LogP contribution in [0, 0.1) is 0 Å². The van der Waals surface area contributed by atoms with E-state index in [1.807, 2.05) is 6.92 Å². The van der Waals surface area contributed by atoms with Gasteiger partial charge in [-0.15, -0.1) is 0 Å². The average molecular weight is 264 g/mol. The molecule has 1 rings (SSSR count). The highest BCUT2D eigenvalue weighted by atomic mass is 79.9. The molecule has 0 spiro atoms. The molecule has 1 aliphatic heterocycles. The number of nitrogens with zero attached hydrogens (tertiary/aromatic N) is 1. The van der Waals surface area contributed by atoms with Crippen molar-refractivity contribution in [2.45, 2.75) is 43.5 Å². The van der Waals surface area contributed by atoms with Gasteiger partial charge in [0, 0.05) is 13.1 Å². The van der Waals surface area contributed by atoms with E-state index in [1.54, 1.807) is 11.8 Å². The Morgan fingerprint density at radius 1 is 1.71 bits per heavy atom. The van der Waals surface area contributed by atoms with Crippen molar-refractivity contribution in [1.29, 1.82) is 0 Å². The fourth-order valence-electron chi connectivity index (χ4n) is 1.89. The summed E-state index contributed by atoms with van der Waals surface area (Å²) < 4.78 is 0. The van der Waals surface area contributed by atoms with Gasteiger partial charge in [-0.25, -0.2) is 0 Å². The third kappa shape index (κ3) is 2.95. The number of rotatable bonds is 4. The SMILES string of the molecule is CCCC(C)(O)CN1CCC(Br)C1=O. The van der Waals surface area contributed by atoms with Crippen LogP contribution in [-0.2, 0) is 4.79 Å². The normalized spacial score (nSPS) is 26.7. The Bertz CT molecular complexity index is 218. The summed E-state index contributed by atoms with van der Waals surface area (Å²) >= 11 is 3.32. The summed E-state index contributed by atoms with van der Waals surface area (Å²) in [7, 11) is 0. The number of halogens is 1. The lowest BCUT2D eigenvalue weighted by molar-refractivity contribution is -0.130. The predicted molar refractivity (Wildman–Crippen MR) is 59.4 cm³/mol. The number of carbonyl (C=O) groups is 1. The number of likely N-dealkylation sites (tertiary alicyclic amines) is 1. The van der Waals surface area contributed by atoms with Gasteiger partial charge in [-0.05, 0) is 19.8 Å². The molecule has 2 unspecified atom stereocenters. The van der Waals surface area contributed by atoms with Crippen molar-refractivity contribution in [2.24, 2.45) is 0 Å². The minimum absolute atomic E-state index is 0.0417. The van der Waals surface area contributed by atoms with Crippen LogP contribution < -0.4 is 0 Å². The third-order valence-electron chi connectivity index (χ3n) is 2.55. The smallest absolute Gasteiger partial charge is 0.236 e. The maximum absolute atomic E-state index is 11.6. The number of hydrogen-bond acceptors (Lipinski definition) is 2. The zero-order chi connectivity index (χ0) is 10.8. The first kappa shape index (κ1) is 12.0. The van der Waals surface area contributed by atoms with E-state index >= 15 is 0 Å². The van der Waals surface area contributed by atoms with Crippen molar-refractivity contribution in [1.82, 2.24) is 4.90 Å². The molecular weight excluding hydrogens is 246 g/mol. The third-order valence-corrected chi connectivity index (χ3v) is 3.40. The summed E-state index contributed by atoms with van der Waals surface area (Å²) in [5, 5.41) is 9.97.